The molecular formula is C31H35N5O4. The predicted octanol–water partition coefficient (Wildman–Crippen LogP) is 4.69. The van der Waals surface area contributed by atoms with Crippen molar-refractivity contribution >= 4 is 17.3 Å². The second kappa shape index (κ2) is 11.4. The number of likely N-dealkylation sites (tertiary alicyclic amines) is 1. The molecular weight excluding hydrogens is 506 g/mol. The Morgan fingerprint density at radius 2 is 1.80 bits per heavy atom. The lowest BCUT2D eigenvalue weighted by Gasteiger charge is -2.16. The number of H-pyrrole nitrogens is 1. The van der Waals surface area contributed by atoms with Crippen molar-refractivity contribution in [2.45, 2.75) is 53.0 Å². The van der Waals surface area contributed by atoms with E-state index in [2.05, 4.69) is 29.1 Å². The van der Waals surface area contributed by atoms with Crippen LogP contribution in [0.5, 0.6) is 5.75 Å². The van der Waals surface area contributed by atoms with E-state index in [1.165, 1.54) is 0 Å². The second-order valence-electron chi connectivity index (χ2n) is 10.5. The van der Waals surface area contributed by atoms with Gasteiger partial charge in [0.2, 0.25) is 0 Å². The second-order valence-corrected chi connectivity index (χ2v) is 10.5. The fraction of sp³-hybridized carbons (Fsp3) is 0.355. The van der Waals surface area contributed by atoms with Crippen LogP contribution in [-0.4, -0.2) is 50.8 Å². The Morgan fingerprint density at radius 3 is 2.48 bits per heavy atom. The maximum absolute atomic E-state index is 13.6. The van der Waals surface area contributed by atoms with E-state index in [0.717, 1.165) is 48.3 Å². The fourth-order valence-electron chi connectivity index (χ4n) is 5.20. The minimum atomic E-state index is -0.345. The van der Waals surface area contributed by atoms with Crippen LogP contribution in [0, 0.1) is 6.92 Å². The topological polar surface area (TPSA) is 109 Å². The molecule has 1 saturated heterocycles. The number of aromatic nitrogens is 3. The van der Waals surface area contributed by atoms with Gasteiger partial charge in [-0.2, -0.15) is 0 Å². The summed E-state index contributed by atoms with van der Waals surface area (Å²) in [6, 6.07) is 13.1. The molecule has 9 heteroatoms. The molecule has 0 aliphatic carbocycles. The van der Waals surface area contributed by atoms with Crippen LogP contribution in [0.1, 0.15) is 77.3 Å². The smallest absolute Gasteiger partial charge is 0.268 e. The van der Waals surface area contributed by atoms with Crippen molar-refractivity contribution in [3.8, 4) is 16.9 Å². The van der Waals surface area contributed by atoms with Crippen molar-refractivity contribution in [1.82, 2.24) is 24.6 Å². The summed E-state index contributed by atoms with van der Waals surface area (Å²) in [7, 11) is 0. The number of carbonyl (C=O) groups excluding carboxylic acids is 2. The summed E-state index contributed by atoms with van der Waals surface area (Å²) >= 11 is 0. The number of hydrogen-bond donors (Lipinski definition) is 2. The van der Waals surface area contributed by atoms with Gasteiger partial charge in [-0.05, 0) is 74.1 Å². The number of rotatable bonds is 8. The first-order chi connectivity index (χ1) is 19.3. The third-order valence-corrected chi connectivity index (χ3v) is 7.27. The van der Waals surface area contributed by atoms with Crippen LogP contribution in [0.25, 0.3) is 16.6 Å². The van der Waals surface area contributed by atoms with E-state index in [1.807, 2.05) is 48.2 Å². The fourth-order valence-corrected chi connectivity index (χ4v) is 5.20. The minimum Gasteiger partial charge on any atom is -0.493 e. The summed E-state index contributed by atoms with van der Waals surface area (Å²) in [5.41, 5.74) is 5.24. The first-order valence-electron chi connectivity index (χ1n) is 13.8. The van der Waals surface area contributed by atoms with Crippen LogP contribution < -0.4 is 15.6 Å². The summed E-state index contributed by atoms with van der Waals surface area (Å²) in [5, 5.41) is 2.90. The number of hydrogen-bond acceptors (Lipinski definition) is 5. The van der Waals surface area contributed by atoms with Crippen LogP contribution >= 0.6 is 0 Å². The largest absolute Gasteiger partial charge is 0.493 e. The van der Waals surface area contributed by atoms with Crippen LogP contribution in [0.15, 0.2) is 53.6 Å². The molecule has 1 fully saturated rings. The van der Waals surface area contributed by atoms with Crippen molar-refractivity contribution in [1.29, 1.82) is 0 Å². The van der Waals surface area contributed by atoms with Crippen LogP contribution in [0.2, 0.25) is 0 Å². The van der Waals surface area contributed by atoms with Gasteiger partial charge in [-0.1, -0.05) is 26.0 Å². The van der Waals surface area contributed by atoms with Gasteiger partial charge in [-0.15, -0.1) is 0 Å². The lowest BCUT2D eigenvalue weighted by molar-refractivity contribution is 0.0792. The van der Waals surface area contributed by atoms with Crippen molar-refractivity contribution < 1.29 is 14.3 Å². The third-order valence-electron chi connectivity index (χ3n) is 7.27. The Balaban J connectivity index is 1.48. The van der Waals surface area contributed by atoms with Crippen LogP contribution in [0.4, 0.5) is 0 Å². The average molecular weight is 542 g/mol. The Kier molecular flexibility index (Phi) is 7.73. The molecule has 4 heterocycles. The Labute approximate surface area is 233 Å². The lowest BCUT2D eigenvalue weighted by Crippen LogP contribution is -2.29. The van der Waals surface area contributed by atoms with E-state index in [0.29, 0.717) is 34.9 Å². The number of nitrogens with one attached hydrogen (secondary N) is 2. The number of ether oxygens (including phenoxy) is 1. The molecule has 0 radical (unpaired) electrons. The highest BCUT2D eigenvalue weighted by Gasteiger charge is 2.21. The zero-order chi connectivity index (χ0) is 28.4. The molecule has 0 spiro atoms. The van der Waals surface area contributed by atoms with Gasteiger partial charge in [0.15, 0.2) is 0 Å². The van der Waals surface area contributed by atoms with E-state index >= 15 is 0 Å². The molecule has 2 N–H and O–H groups in total. The van der Waals surface area contributed by atoms with Crippen molar-refractivity contribution in [3.05, 3.63) is 87.4 Å². The summed E-state index contributed by atoms with van der Waals surface area (Å²) in [6.45, 7) is 9.77. The minimum absolute atomic E-state index is 0.00848. The zero-order valence-corrected chi connectivity index (χ0v) is 23.4. The quantitative estimate of drug-likeness (QED) is 0.337. The molecule has 1 aromatic carbocycles. The maximum atomic E-state index is 13.6. The Bertz CT molecular complexity index is 1610. The van der Waals surface area contributed by atoms with E-state index in [9.17, 15) is 14.4 Å². The normalized spacial score (nSPS) is 13.3. The highest BCUT2D eigenvalue weighted by atomic mass is 16.5. The first kappa shape index (κ1) is 27.2. The van der Waals surface area contributed by atoms with Crippen molar-refractivity contribution in [2.75, 3.05) is 19.7 Å². The third kappa shape index (κ3) is 5.36. The molecule has 3 aromatic heterocycles. The summed E-state index contributed by atoms with van der Waals surface area (Å²) in [6.07, 6.45) is 3.75. The van der Waals surface area contributed by atoms with Gasteiger partial charge in [-0.25, -0.2) is 4.98 Å². The SMILES string of the molecule is CCOc1cc(C)[nH]c(=O)c1CNC(=O)c1cc(-c2ccc(C(=O)N3CCCC3)cc2)cc2c(C(C)C)ncn12. The summed E-state index contributed by atoms with van der Waals surface area (Å²) < 4.78 is 7.44. The van der Waals surface area contributed by atoms with Gasteiger partial charge in [-0.3, -0.25) is 18.8 Å². The predicted molar refractivity (Wildman–Crippen MR) is 154 cm³/mol. The van der Waals surface area contributed by atoms with Gasteiger partial charge >= 0.3 is 0 Å². The first-order valence-corrected chi connectivity index (χ1v) is 13.8. The van der Waals surface area contributed by atoms with E-state index < -0.39 is 0 Å². The lowest BCUT2D eigenvalue weighted by atomic mass is 10.0. The average Bonchev–Trinajstić information content (AvgIpc) is 3.62. The van der Waals surface area contributed by atoms with Gasteiger partial charge in [0.1, 0.15) is 17.8 Å². The number of fused-ring (bicyclic) bond motifs is 1. The molecule has 0 unspecified atom stereocenters. The standard InChI is InChI=1S/C31H35N5O4/c1-5-40-27-14-20(4)34-29(37)24(27)17-32-30(38)26-16-23(15-25-28(19(2)3)33-18-36(25)26)21-8-10-22(11-9-21)31(39)35-12-6-7-13-35/h8-11,14-16,18-19H,5-7,12-13,17H2,1-4H3,(H,32,38)(H,34,37). The van der Waals surface area contributed by atoms with Gasteiger partial charge in [0.25, 0.3) is 17.4 Å². The molecule has 5 rings (SSSR count). The number of imidazole rings is 1. The molecule has 208 valence electrons. The molecule has 2 amide bonds. The number of nitrogens with zero attached hydrogens (tertiary/aromatic N) is 3. The number of amides is 2. The van der Waals surface area contributed by atoms with Crippen LogP contribution in [0.3, 0.4) is 0 Å². The molecule has 40 heavy (non-hydrogen) atoms. The maximum Gasteiger partial charge on any atom is 0.268 e. The molecule has 1 aliphatic heterocycles. The highest BCUT2D eigenvalue weighted by molar-refractivity contribution is 5.96. The van der Waals surface area contributed by atoms with Gasteiger partial charge in [0.05, 0.1) is 29.9 Å². The highest BCUT2D eigenvalue weighted by Crippen LogP contribution is 2.28. The molecule has 1 aliphatic rings. The van der Waals surface area contributed by atoms with E-state index in [1.54, 1.807) is 23.7 Å². The summed E-state index contributed by atoms with van der Waals surface area (Å²) in [4.78, 5) is 48.3. The monoisotopic (exact) mass is 541 g/mol. The molecule has 0 bridgehead atoms. The number of benzene rings is 1. The number of pyridine rings is 2. The number of aromatic amines is 1. The Hall–Kier alpha value is -4.40. The number of aryl methyl sites for hydroxylation is 1. The summed E-state index contributed by atoms with van der Waals surface area (Å²) in [5.74, 6) is 0.311. The molecule has 0 saturated carbocycles. The molecule has 9 nitrogen and oxygen atoms in total. The van der Waals surface area contributed by atoms with Crippen molar-refractivity contribution in [2.24, 2.45) is 0 Å². The number of carbonyl (C=O) groups is 2. The van der Waals surface area contributed by atoms with E-state index in [4.69, 9.17) is 4.74 Å². The van der Waals surface area contributed by atoms with E-state index in [-0.39, 0.29) is 29.8 Å². The molecule has 4 aromatic rings. The van der Waals surface area contributed by atoms with Gasteiger partial charge in [0, 0.05) is 24.3 Å². The Morgan fingerprint density at radius 1 is 1.07 bits per heavy atom. The zero-order valence-electron chi connectivity index (χ0n) is 23.4. The van der Waals surface area contributed by atoms with Crippen LogP contribution in [-0.2, 0) is 6.54 Å². The van der Waals surface area contributed by atoms with Gasteiger partial charge < -0.3 is 19.9 Å². The molecule has 0 atom stereocenters. The van der Waals surface area contributed by atoms with Crippen molar-refractivity contribution in [3.63, 3.8) is 0 Å².